The highest BCUT2D eigenvalue weighted by Gasteiger charge is 2.23. The zero-order valence-corrected chi connectivity index (χ0v) is 7.60. The number of aromatic nitrogens is 3. The molecule has 2 aromatic rings. The van der Waals surface area contributed by atoms with Gasteiger partial charge in [0.1, 0.15) is 5.82 Å². The van der Waals surface area contributed by atoms with Crippen LogP contribution in [0.5, 0.6) is 0 Å². The molecule has 0 saturated heterocycles. The Morgan fingerprint density at radius 1 is 1.50 bits per heavy atom. The summed E-state index contributed by atoms with van der Waals surface area (Å²) in [5.41, 5.74) is 6.79. The van der Waals surface area contributed by atoms with E-state index in [-0.39, 0.29) is 0 Å². The maximum Gasteiger partial charge on any atom is 0.205 e. The second-order valence-electron chi connectivity index (χ2n) is 3.71. The number of hydrogen-bond acceptors (Lipinski definition) is 5. The lowest BCUT2D eigenvalue weighted by atomic mass is 10.3. The first-order valence-corrected chi connectivity index (χ1v) is 4.69. The maximum atomic E-state index is 5.60. The van der Waals surface area contributed by atoms with Gasteiger partial charge in [0.15, 0.2) is 11.3 Å². The van der Waals surface area contributed by atoms with E-state index in [1.54, 1.807) is 6.20 Å². The zero-order chi connectivity index (χ0) is 9.54. The monoisotopic (exact) mass is 190 g/mol. The predicted molar refractivity (Wildman–Crippen MR) is 50.4 cm³/mol. The SMILES string of the molecule is Nc1noc2cnc(CC3CC3)nc12. The van der Waals surface area contributed by atoms with Crippen LogP contribution in [0.2, 0.25) is 0 Å². The van der Waals surface area contributed by atoms with E-state index in [1.165, 1.54) is 12.8 Å². The number of anilines is 1. The molecule has 0 atom stereocenters. The molecular formula is C9H10N4O. The van der Waals surface area contributed by atoms with Gasteiger partial charge in [-0.15, -0.1) is 0 Å². The molecule has 0 spiro atoms. The van der Waals surface area contributed by atoms with Crippen molar-refractivity contribution in [2.24, 2.45) is 5.92 Å². The molecule has 3 rings (SSSR count). The van der Waals surface area contributed by atoms with Crippen molar-refractivity contribution in [3.05, 3.63) is 12.0 Å². The normalized spacial score (nSPS) is 16.3. The molecule has 1 fully saturated rings. The standard InChI is InChI=1S/C9H10N4O/c10-9-8-6(14-13-9)4-11-7(12-8)3-5-1-2-5/h4-5H,1-3H2,(H2,10,13). The van der Waals surface area contributed by atoms with Crippen molar-refractivity contribution < 1.29 is 4.52 Å². The fraction of sp³-hybridized carbons (Fsp3) is 0.444. The Labute approximate surface area is 80.3 Å². The summed E-state index contributed by atoms with van der Waals surface area (Å²) >= 11 is 0. The predicted octanol–water partition coefficient (Wildman–Crippen LogP) is 1.15. The zero-order valence-electron chi connectivity index (χ0n) is 7.60. The first-order valence-electron chi connectivity index (χ1n) is 4.69. The summed E-state index contributed by atoms with van der Waals surface area (Å²) in [6.07, 6.45) is 5.17. The van der Waals surface area contributed by atoms with Gasteiger partial charge in [0.25, 0.3) is 0 Å². The Morgan fingerprint density at radius 2 is 2.36 bits per heavy atom. The second kappa shape index (κ2) is 2.67. The molecule has 2 aromatic heterocycles. The Hall–Kier alpha value is -1.65. The molecule has 14 heavy (non-hydrogen) atoms. The molecule has 0 bridgehead atoms. The highest BCUT2D eigenvalue weighted by atomic mass is 16.5. The van der Waals surface area contributed by atoms with E-state index in [0.717, 1.165) is 18.2 Å². The summed E-state index contributed by atoms with van der Waals surface area (Å²) in [6.45, 7) is 0. The number of fused-ring (bicyclic) bond motifs is 1. The Kier molecular flexibility index (Phi) is 1.47. The molecule has 2 N–H and O–H groups in total. The summed E-state index contributed by atoms with van der Waals surface area (Å²) in [4.78, 5) is 8.52. The van der Waals surface area contributed by atoms with Crippen LogP contribution in [-0.4, -0.2) is 15.1 Å². The lowest BCUT2D eigenvalue weighted by molar-refractivity contribution is 0.459. The van der Waals surface area contributed by atoms with Crippen molar-refractivity contribution in [2.75, 3.05) is 5.73 Å². The molecule has 5 heteroatoms. The van der Waals surface area contributed by atoms with E-state index >= 15 is 0 Å². The van der Waals surface area contributed by atoms with Gasteiger partial charge in [0.2, 0.25) is 5.58 Å². The summed E-state index contributed by atoms with van der Waals surface area (Å²) in [6, 6.07) is 0. The minimum absolute atomic E-state index is 0.347. The van der Waals surface area contributed by atoms with E-state index in [2.05, 4.69) is 15.1 Å². The van der Waals surface area contributed by atoms with E-state index in [1.807, 2.05) is 0 Å². The van der Waals surface area contributed by atoms with Crippen LogP contribution in [0.3, 0.4) is 0 Å². The van der Waals surface area contributed by atoms with Crippen molar-refractivity contribution in [1.29, 1.82) is 0 Å². The van der Waals surface area contributed by atoms with Crippen molar-refractivity contribution in [1.82, 2.24) is 15.1 Å². The van der Waals surface area contributed by atoms with Crippen LogP contribution in [0.1, 0.15) is 18.7 Å². The third kappa shape index (κ3) is 1.21. The number of nitrogens with two attached hydrogens (primary N) is 1. The molecule has 0 amide bonds. The van der Waals surface area contributed by atoms with Gasteiger partial charge in [-0.2, -0.15) is 0 Å². The van der Waals surface area contributed by atoms with Crippen molar-refractivity contribution in [2.45, 2.75) is 19.3 Å². The topological polar surface area (TPSA) is 77.8 Å². The van der Waals surface area contributed by atoms with Gasteiger partial charge in [-0.05, 0) is 18.8 Å². The van der Waals surface area contributed by atoms with E-state index in [4.69, 9.17) is 10.3 Å². The Balaban J connectivity index is 2.03. The highest BCUT2D eigenvalue weighted by molar-refractivity contribution is 5.81. The summed E-state index contributed by atoms with van der Waals surface area (Å²) < 4.78 is 4.92. The summed E-state index contributed by atoms with van der Waals surface area (Å²) in [5, 5.41) is 3.63. The average molecular weight is 190 g/mol. The van der Waals surface area contributed by atoms with Gasteiger partial charge in [0.05, 0.1) is 6.20 Å². The molecule has 0 aliphatic heterocycles. The van der Waals surface area contributed by atoms with Crippen LogP contribution < -0.4 is 5.73 Å². The van der Waals surface area contributed by atoms with Gasteiger partial charge >= 0.3 is 0 Å². The van der Waals surface area contributed by atoms with Crippen LogP contribution in [0.4, 0.5) is 5.82 Å². The van der Waals surface area contributed by atoms with Gasteiger partial charge < -0.3 is 10.3 Å². The quantitative estimate of drug-likeness (QED) is 0.768. The number of hydrogen-bond donors (Lipinski definition) is 1. The largest absolute Gasteiger partial charge is 0.379 e. The maximum absolute atomic E-state index is 5.60. The van der Waals surface area contributed by atoms with Crippen molar-refractivity contribution in [3.63, 3.8) is 0 Å². The first kappa shape index (κ1) is 7.73. The number of rotatable bonds is 2. The molecule has 0 aromatic carbocycles. The molecule has 0 radical (unpaired) electrons. The Bertz CT molecular complexity index is 475. The van der Waals surface area contributed by atoms with Crippen LogP contribution in [0.25, 0.3) is 11.1 Å². The minimum Gasteiger partial charge on any atom is -0.379 e. The highest BCUT2D eigenvalue weighted by Crippen LogP contribution is 2.32. The fourth-order valence-corrected chi connectivity index (χ4v) is 1.48. The van der Waals surface area contributed by atoms with Crippen LogP contribution in [0, 0.1) is 5.92 Å². The van der Waals surface area contributed by atoms with Gasteiger partial charge in [0, 0.05) is 6.42 Å². The second-order valence-corrected chi connectivity index (χ2v) is 3.71. The van der Waals surface area contributed by atoms with Gasteiger partial charge in [-0.1, -0.05) is 5.16 Å². The fourth-order valence-electron chi connectivity index (χ4n) is 1.48. The summed E-state index contributed by atoms with van der Waals surface area (Å²) in [5.74, 6) is 1.96. The Morgan fingerprint density at radius 3 is 3.14 bits per heavy atom. The number of nitrogen functional groups attached to an aromatic ring is 1. The average Bonchev–Trinajstić information content (AvgIpc) is 2.92. The molecule has 5 nitrogen and oxygen atoms in total. The lowest BCUT2D eigenvalue weighted by Gasteiger charge is -1.95. The van der Waals surface area contributed by atoms with E-state index < -0.39 is 0 Å². The molecular weight excluding hydrogens is 180 g/mol. The minimum atomic E-state index is 0.347. The molecule has 0 unspecified atom stereocenters. The smallest absolute Gasteiger partial charge is 0.205 e. The number of nitrogens with zero attached hydrogens (tertiary/aromatic N) is 3. The van der Waals surface area contributed by atoms with Crippen molar-refractivity contribution in [3.8, 4) is 0 Å². The third-order valence-electron chi connectivity index (χ3n) is 2.46. The molecule has 72 valence electrons. The summed E-state index contributed by atoms with van der Waals surface area (Å²) in [7, 11) is 0. The van der Waals surface area contributed by atoms with Crippen LogP contribution >= 0.6 is 0 Å². The van der Waals surface area contributed by atoms with Crippen molar-refractivity contribution >= 4 is 16.9 Å². The molecule has 1 aliphatic rings. The molecule has 1 saturated carbocycles. The lowest BCUT2D eigenvalue weighted by Crippen LogP contribution is -1.96. The third-order valence-corrected chi connectivity index (χ3v) is 2.46. The van der Waals surface area contributed by atoms with Gasteiger partial charge in [-0.3, -0.25) is 0 Å². The van der Waals surface area contributed by atoms with Crippen LogP contribution in [-0.2, 0) is 6.42 Å². The van der Waals surface area contributed by atoms with Crippen LogP contribution in [0.15, 0.2) is 10.7 Å². The molecule has 2 heterocycles. The van der Waals surface area contributed by atoms with E-state index in [9.17, 15) is 0 Å². The molecule has 1 aliphatic carbocycles. The van der Waals surface area contributed by atoms with Gasteiger partial charge in [-0.25, -0.2) is 9.97 Å². The first-order chi connectivity index (χ1) is 6.83. The van der Waals surface area contributed by atoms with E-state index in [0.29, 0.717) is 16.9 Å².